The second-order valence-electron chi connectivity index (χ2n) is 8.03. The Morgan fingerprint density at radius 2 is 1.85 bits per heavy atom. The van der Waals surface area contributed by atoms with Crippen LogP contribution in [0.25, 0.3) is 21.6 Å². The fourth-order valence-corrected chi connectivity index (χ4v) is 5.92. The summed E-state index contributed by atoms with van der Waals surface area (Å²) in [5.41, 5.74) is 1.77. The van der Waals surface area contributed by atoms with Crippen LogP contribution < -0.4 is 0 Å². The highest BCUT2D eigenvalue weighted by molar-refractivity contribution is 7.99. The summed E-state index contributed by atoms with van der Waals surface area (Å²) < 4.78 is 1.87. The largest absolute Gasteiger partial charge is 0.486 e. The monoisotopic (exact) mass is 522 g/mol. The third-order valence-electron chi connectivity index (χ3n) is 5.88. The van der Waals surface area contributed by atoms with Gasteiger partial charge in [0, 0.05) is 0 Å². The minimum Gasteiger partial charge on any atom is -0.486 e. The van der Waals surface area contributed by atoms with Crippen LogP contribution in [-0.4, -0.2) is 65.3 Å². The summed E-state index contributed by atoms with van der Waals surface area (Å²) in [7, 11) is 2.15. The topological polar surface area (TPSA) is 106 Å². The van der Waals surface area contributed by atoms with Crippen molar-refractivity contribution in [1.82, 2.24) is 40.1 Å². The number of benzene rings is 1. The molecule has 1 aromatic carbocycles. The van der Waals surface area contributed by atoms with Crippen molar-refractivity contribution in [2.75, 3.05) is 20.1 Å². The molecular weight excluding hydrogens is 503 g/mol. The number of thiazole rings is 1. The molecule has 33 heavy (non-hydrogen) atoms. The van der Waals surface area contributed by atoms with E-state index in [9.17, 15) is 5.11 Å². The standard InChI is InChI=1S/C20H20Cl2N8OS2/c1-10(11-3-5-29(2)6-4-11)30-19(26-27-28-30)33-18-17(16-9-23-20(31)32-16)24-14-7-12(21)13(22)8-15(14)25-18/h7-11H,3-6H2,1-2H3,(H,23,31). The molecule has 172 valence electrons. The fraction of sp³-hybridized carbons (Fsp3) is 0.400. The molecule has 1 atom stereocenters. The van der Waals surface area contributed by atoms with Gasteiger partial charge in [-0.25, -0.2) is 19.6 Å². The van der Waals surface area contributed by atoms with E-state index in [1.165, 1.54) is 11.8 Å². The van der Waals surface area contributed by atoms with Gasteiger partial charge < -0.3 is 10.0 Å². The minimum absolute atomic E-state index is 0.0438. The van der Waals surface area contributed by atoms with Gasteiger partial charge in [-0.3, -0.25) is 0 Å². The number of piperidine rings is 1. The normalized spacial score (nSPS) is 16.5. The van der Waals surface area contributed by atoms with E-state index in [4.69, 9.17) is 33.2 Å². The smallest absolute Gasteiger partial charge is 0.271 e. The Morgan fingerprint density at radius 3 is 2.52 bits per heavy atom. The van der Waals surface area contributed by atoms with Crippen molar-refractivity contribution in [1.29, 1.82) is 0 Å². The first-order valence-electron chi connectivity index (χ1n) is 10.3. The average Bonchev–Trinajstić information content (AvgIpc) is 3.43. The van der Waals surface area contributed by atoms with Crippen molar-refractivity contribution in [3.05, 3.63) is 28.4 Å². The van der Waals surface area contributed by atoms with Crippen molar-refractivity contribution in [3.63, 3.8) is 0 Å². The van der Waals surface area contributed by atoms with Crippen molar-refractivity contribution in [3.8, 4) is 15.8 Å². The number of tetrazole rings is 1. The molecule has 1 aliphatic heterocycles. The molecule has 0 aliphatic carbocycles. The first kappa shape index (κ1) is 22.7. The Kier molecular flexibility index (Phi) is 6.41. The lowest BCUT2D eigenvalue weighted by Crippen LogP contribution is -2.33. The van der Waals surface area contributed by atoms with Crippen LogP contribution >= 0.6 is 46.3 Å². The van der Waals surface area contributed by atoms with Crippen LogP contribution in [0, 0.1) is 5.92 Å². The molecule has 4 aromatic rings. The molecule has 1 unspecified atom stereocenters. The zero-order chi connectivity index (χ0) is 23.1. The first-order valence-corrected chi connectivity index (χ1v) is 12.7. The van der Waals surface area contributed by atoms with Gasteiger partial charge in [0.1, 0.15) is 10.7 Å². The van der Waals surface area contributed by atoms with Gasteiger partial charge in [-0.05, 0) is 80.1 Å². The van der Waals surface area contributed by atoms with Crippen molar-refractivity contribution >= 4 is 57.3 Å². The molecule has 13 heteroatoms. The predicted molar refractivity (Wildman–Crippen MR) is 129 cm³/mol. The highest BCUT2D eigenvalue weighted by atomic mass is 35.5. The average molecular weight is 523 g/mol. The molecule has 0 spiro atoms. The molecule has 5 rings (SSSR count). The number of aromatic nitrogens is 7. The number of nitrogens with zero attached hydrogens (tertiary/aromatic N) is 8. The van der Waals surface area contributed by atoms with Crippen LogP contribution in [0.15, 0.2) is 28.5 Å². The van der Waals surface area contributed by atoms with E-state index in [1.807, 2.05) is 4.68 Å². The maximum absolute atomic E-state index is 9.81. The molecule has 1 saturated heterocycles. The van der Waals surface area contributed by atoms with E-state index in [0.717, 1.165) is 37.3 Å². The number of aromatic hydroxyl groups is 1. The van der Waals surface area contributed by atoms with Crippen LogP contribution in [0.4, 0.5) is 0 Å². The lowest BCUT2D eigenvalue weighted by molar-refractivity contribution is 0.168. The molecule has 3 aromatic heterocycles. The Bertz CT molecular complexity index is 1300. The molecule has 0 bridgehead atoms. The number of fused-ring (bicyclic) bond motifs is 1. The van der Waals surface area contributed by atoms with E-state index in [-0.39, 0.29) is 11.2 Å². The molecule has 0 radical (unpaired) electrons. The Morgan fingerprint density at radius 1 is 1.15 bits per heavy atom. The number of halogens is 2. The second-order valence-corrected chi connectivity index (χ2v) is 10.8. The van der Waals surface area contributed by atoms with Gasteiger partial charge in [-0.2, -0.15) is 0 Å². The zero-order valence-corrected chi connectivity index (χ0v) is 21.0. The van der Waals surface area contributed by atoms with Crippen LogP contribution in [0.5, 0.6) is 5.19 Å². The van der Waals surface area contributed by atoms with E-state index in [0.29, 0.717) is 47.8 Å². The van der Waals surface area contributed by atoms with E-state index < -0.39 is 0 Å². The number of hydrogen-bond donors (Lipinski definition) is 1. The molecule has 1 aliphatic rings. The summed E-state index contributed by atoms with van der Waals surface area (Å²) in [6.07, 6.45) is 3.77. The van der Waals surface area contributed by atoms with Gasteiger partial charge in [0.25, 0.3) is 5.19 Å². The van der Waals surface area contributed by atoms with Crippen molar-refractivity contribution < 1.29 is 5.11 Å². The maximum Gasteiger partial charge on any atom is 0.271 e. The van der Waals surface area contributed by atoms with Gasteiger partial charge in [-0.1, -0.05) is 34.5 Å². The van der Waals surface area contributed by atoms with Crippen molar-refractivity contribution in [2.45, 2.75) is 36.0 Å². The summed E-state index contributed by atoms with van der Waals surface area (Å²) >= 11 is 14.9. The highest BCUT2D eigenvalue weighted by Crippen LogP contribution is 2.39. The summed E-state index contributed by atoms with van der Waals surface area (Å²) in [6.45, 7) is 4.29. The highest BCUT2D eigenvalue weighted by Gasteiger charge is 2.27. The third kappa shape index (κ3) is 4.65. The third-order valence-corrected chi connectivity index (χ3v) is 8.34. The van der Waals surface area contributed by atoms with Gasteiger partial charge in [0.2, 0.25) is 5.16 Å². The molecule has 1 fully saturated rings. The molecule has 0 amide bonds. The number of rotatable bonds is 5. The lowest BCUT2D eigenvalue weighted by Gasteiger charge is -2.32. The Labute approximate surface area is 208 Å². The van der Waals surface area contributed by atoms with Crippen LogP contribution in [0.1, 0.15) is 25.8 Å². The summed E-state index contributed by atoms with van der Waals surface area (Å²) in [4.78, 5) is 16.5. The maximum atomic E-state index is 9.81. The SMILES string of the molecule is CC(C1CCN(C)CC1)n1nnnc1Sc1nc2cc(Cl)c(Cl)cc2nc1-c1cnc(O)s1. The summed E-state index contributed by atoms with van der Waals surface area (Å²) in [5.74, 6) is 0.491. The van der Waals surface area contributed by atoms with Crippen LogP contribution in [-0.2, 0) is 0 Å². The molecule has 0 saturated carbocycles. The molecule has 1 N–H and O–H groups in total. The number of likely N-dealkylation sites (tertiary alicyclic amines) is 1. The van der Waals surface area contributed by atoms with Gasteiger partial charge in [0.15, 0.2) is 0 Å². The summed E-state index contributed by atoms with van der Waals surface area (Å²) in [6, 6.07) is 3.51. The van der Waals surface area contributed by atoms with E-state index in [1.54, 1.807) is 18.3 Å². The zero-order valence-electron chi connectivity index (χ0n) is 17.8. The van der Waals surface area contributed by atoms with Crippen molar-refractivity contribution in [2.24, 2.45) is 5.92 Å². The van der Waals surface area contributed by atoms with Gasteiger partial charge in [0.05, 0.1) is 38.2 Å². The van der Waals surface area contributed by atoms with Gasteiger partial charge in [-0.15, -0.1) is 5.10 Å². The number of hydrogen-bond acceptors (Lipinski definition) is 10. The summed E-state index contributed by atoms with van der Waals surface area (Å²) in [5, 5.41) is 24.3. The molecule has 9 nitrogen and oxygen atoms in total. The van der Waals surface area contributed by atoms with Crippen LogP contribution in [0.3, 0.4) is 0 Å². The predicted octanol–water partition coefficient (Wildman–Crippen LogP) is 4.81. The lowest BCUT2D eigenvalue weighted by atomic mass is 9.91. The Hall–Kier alpha value is -2.05. The molecule has 4 heterocycles. The first-order chi connectivity index (χ1) is 15.9. The Balaban J connectivity index is 1.54. The minimum atomic E-state index is -0.0438. The van der Waals surface area contributed by atoms with Crippen LogP contribution in [0.2, 0.25) is 10.0 Å². The fourth-order valence-electron chi connectivity index (χ4n) is 3.95. The second kappa shape index (κ2) is 9.30. The van der Waals surface area contributed by atoms with Gasteiger partial charge >= 0.3 is 0 Å². The quantitative estimate of drug-likeness (QED) is 0.395. The van der Waals surface area contributed by atoms with E-state index in [2.05, 4.69) is 39.4 Å². The molecular formula is C20H20Cl2N8OS2. The van der Waals surface area contributed by atoms with E-state index >= 15 is 0 Å².